The van der Waals surface area contributed by atoms with Crippen molar-refractivity contribution < 1.29 is 14.3 Å². The Hall–Kier alpha value is -3.15. The molecule has 0 heterocycles. The smallest absolute Gasteiger partial charge is 0.306 e. The topological polar surface area (TPSA) is 87.6 Å². The molecule has 0 aliphatic carbocycles. The summed E-state index contributed by atoms with van der Waals surface area (Å²) in [4.78, 5) is 11.9. The van der Waals surface area contributed by atoms with Crippen LogP contribution in [0.15, 0.2) is 66.7 Å². The minimum atomic E-state index is -0.176. The van der Waals surface area contributed by atoms with Crippen molar-refractivity contribution >= 4 is 5.97 Å². The zero-order valence-corrected chi connectivity index (χ0v) is 21.9. The number of hydrogen-bond donors (Lipinski definition) is 2. The maximum absolute atomic E-state index is 11.9. The van der Waals surface area contributed by atoms with E-state index in [1.165, 1.54) is 11.1 Å². The number of benzene rings is 3. The van der Waals surface area contributed by atoms with Crippen LogP contribution in [-0.2, 0) is 41.1 Å². The Bertz CT molecular complexity index is 1120. The second-order valence-corrected chi connectivity index (χ2v) is 9.08. The summed E-state index contributed by atoms with van der Waals surface area (Å²) in [6, 6.07) is 23.1. The fourth-order valence-electron chi connectivity index (χ4n) is 4.97. The fraction of sp³-hybridized carbons (Fsp3) is 0.387. The van der Waals surface area contributed by atoms with Crippen LogP contribution in [0.1, 0.15) is 73.4 Å². The normalized spacial score (nSPS) is 11.4. The van der Waals surface area contributed by atoms with E-state index in [9.17, 15) is 4.79 Å². The third-order valence-electron chi connectivity index (χ3n) is 7.16. The van der Waals surface area contributed by atoms with Gasteiger partial charge in [-0.05, 0) is 66.1 Å². The number of hydrogen-bond acceptors (Lipinski definition) is 5. The highest BCUT2D eigenvalue weighted by molar-refractivity contribution is 5.69. The maximum atomic E-state index is 11.9. The van der Waals surface area contributed by atoms with Gasteiger partial charge in [0.1, 0.15) is 12.4 Å². The summed E-state index contributed by atoms with van der Waals surface area (Å²) in [5, 5.41) is 0. The van der Waals surface area contributed by atoms with Crippen molar-refractivity contribution in [3.63, 3.8) is 0 Å². The average Bonchev–Trinajstić information content (AvgIpc) is 2.92. The minimum Gasteiger partial charge on any atom is -0.489 e. The first-order valence-corrected chi connectivity index (χ1v) is 13.0. The first-order valence-electron chi connectivity index (χ1n) is 13.0. The van der Waals surface area contributed by atoms with Crippen LogP contribution in [-0.4, -0.2) is 12.6 Å². The van der Waals surface area contributed by atoms with Gasteiger partial charge < -0.3 is 20.9 Å². The third-order valence-corrected chi connectivity index (χ3v) is 7.16. The standard InChI is InChI=1S/C31H40N2O3/c1-4-31(5-2,27-14-12-24(25(18-27)20-32)13-17-30(34)35-6-3)28-15-16-29(26(19-28)21-33)36-22-23-10-8-7-9-11-23/h7-12,14-16,18-19H,4-6,13,17,20-22,32-33H2,1-3H3. The molecular formula is C31H40N2O3. The molecule has 0 aromatic heterocycles. The Morgan fingerprint density at radius 1 is 0.806 bits per heavy atom. The molecule has 4 N–H and O–H groups in total. The first-order chi connectivity index (χ1) is 17.5. The SMILES string of the molecule is CCOC(=O)CCc1ccc(C(CC)(CC)c2ccc(OCc3ccccc3)c(CN)c2)cc1CN. The van der Waals surface area contributed by atoms with E-state index in [4.69, 9.17) is 20.9 Å². The molecule has 0 fully saturated rings. The van der Waals surface area contributed by atoms with Gasteiger partial charge in [-0.25, -0.2) is 0 Å². The predicted octanol–water partition coefficient (Wildman–Crippen LogP) is 5.78. The van der Waals surface area contributed by atoms with Gasteiger partial charge in [0.15, 0.2) is 0 Å². The Labute approximate surface area is 215 Å². The van der Waals surface area contributed by atoms with Crippen molar-refractivity contribution in [2.75, 3.05) is 6.61 Å². The molecule has 0 atom stereocenters. The van der Waals surface area contributed by atoms with Crippen LogP contribution in [0.4, 0.5) is 0 Å². The number of ether oxygens (including phenoxy) is 2. The van der Waals surface area contributed by atoms with Crippen LogP contribution in [0.25, 0.3) is 0 Å². The Morgan fingerprint density at radius 3 is 2.06 bits per heavy atom. The van der Waals surface area contributed by atoms with Gasteiger partial charge in [-0.2, -0.15) is 0 Å². The van der Waals surface area contributed by atoms with E-state index in [1.807, 2.05) is 25.1 Å². The lowest BCUT2D eigenvalue weighted by Crippen LogP contribution is -2.27. The van der Waals surface area contributed by atoms with Gasteiger partial charge in [0.25, 0.3) is 0 Å². The van der Waals surface area contributed by atoms with Gasteiger partial charge in [-0.3, -0.25) is 4.79 Å². The van der Waals surface area contributed by atoms with Crippen LogP contribution >= 0.6 is 0 Å². The molecule has 3 aromatic rings. The van der Waals surface area contributed by atoms with Crippen molar-refractivity contribution in [2.45, 2.75) is 71.6 Å². The largest absolute Gasteiger partial charge is 0.489 e. The van der Waals surface area contributed by atoms with Gasteiger partial charge in [-0.1, -0.05) is 68.4 Å². The highest BCUT2D eigenvalue weighted by atomic mass is 16.5. The van der Waals surface area contributed by atoms with Crippen molar-refractivity contribution in [2.24, 2.45) is 11.5 Å². The summed E-state index contributed by atoms with van der Waals surface area (Å²) in [6.45, 7) is 8.01. The van der Waals surface area contributed by atoms with Gasteiger partial charge in [0.05, 0.1) is 6.61 Å². The summed E-state index contributed by atoms with van der Waals surface area (Å²) in [5.41, 5.74) is 18.9. The molecule has 3 aromatic carbocycles. The number of nitrogens with two attached hydrogens (primary N) is 2. The fourth-order valence-corrected chi connectivity index (χ4v) is 4.97. The first kappa shape index (κ1) is 27.4. The van der Waals surface area contributed by atoms with E-state index in [1.54, 1.807) is 0 Å². The number of esters is 1. The number of aryl methyl sites for hydroxylation is 1. The molecule has 5 heteroatoms. The van der Waals surface area contributed by atoms with E-state index in [2.05, 4.69) is 62.4 Å². The molecule has 0 unspecified atom stereocenters. The van der Waals surface area contributed by atoms with Gasteiger partial charge in [-0.15, -0.1) is 0 Å². The lowest BCUT2D eigenvalue weighted by atomic mass is 9.69. The highest BCUT2D eigenvalue weighted by Gasteiger charge is 2.32. The van der Waals surface area contributed by atoms with E-state index in [-0.39, 0.29) is 11.4 Å². The average molecular weight is 489 g/mol. The molecule has 0 saturated heterocycles. The zero-order valence-electron chi connectivity index (χ0n) is 21.9. The van der Waals surface area contributed by atoms with Crippen molar-refractivity contribution in [1.29, 1.82) is 0 Å². The second kappa shape index (κ2) is 13.2. The van der Waals surface area contributed by atoms with Gasteiger partial charge in [0, 0.05) is 30.5 Å². The Kier molecular flexibility index (Phi) is 10.1. The summed E-state index contributed by atoms with van der Waals surface area (Å²) in [5.74, 6) is 0.646. The Balaban J connectivity index is 1.90. The van der Waals surface area contributed by atoms with Crippen LogP contribution in [0, 0.1) is 0 Å². The molecule has 0 spiro atoms. The lowest BCUT2D eigenvalue weighted by molar-refractivity contribution is -0.143. The molecule has 5 nitrogen and oxygen atoms in total. The molecule has 36 heavy (non-hydrogen) atoms. The second-order valence-electron chi connectivity index (χ2n) is 9.08. The third kappa shape index (κ3) is 6.34. The molecule has 0 bridgehead atoms. The summed E-state index contributed by atoms with van der Waals surface area (Å²) < 4.78 is 11.2. The van der Waals surface area contributed by atoms with Crippen LogP contribution in [0.5, 0.6) is 5.75 Å². The maximum Gasteiger partial charge on any atom is 0.306 e. The quantitative estimate of drug-likeness (QED) is 0.298. The molecule has 0 aliphatic heterocycles. The monoisotopic (exact) mass is 488 g/mol. The molecule has 0 radical (unpaired) electrons. The van der Waals surface area contributed by atoms with Gasteiger partial charge in [0.2, 0.25) is 0 Å². The molecule has 0 aliphatic rings. The molecular weight excluding hydrogens is 448 g/mol. The van der Waals surface area contributed by atoms with E-state index in [0.717, 1.165) is 40.8 Å². The minimum absolute atomic E-state index is 0.175. The zero-order chi connectivity index (χ0) is 26.0. The molecule has 0 amide bonds. The van der Waals surface area contributed by atoms with E-state index >= 15 is 0 Å². The number of carbonyl (C=O) groups is 1. The summed E-state index contributed by atoms with van der Waals surface area (Å²) in [6.07, 6.45) is 2.85. The number of rotatable bonds is 13. The number of carbonyl (C=O) groups excluding carboxylic acids is 1. The van der Waals surface area contributed by atoms with Crippen molar-refractivity contribution in [1.82, 2.24) is 0 Å². The molecule has 192 valence electrons. The lowest BCUT2D eigenvalue weighted by Gasteiger charge is -2.34. The van der Waals surface area contributed by atoms with E-state index < -0.39 is 0 Å². The van der Waals surface area contributed by atoms with Crippen LogP contribution in [0.2, 0.25) is 0 Å². The van der Waals surface area contributed by atoms with Crippen molar-refractivity contribution in [3.8, 4) is 5.75 Å². The van der Waals surface area contributed by atoms with Gasteiger partial charge >= 0.3 is 5.97 Å². The van der Waals surface area contributed by atoms with Crippen LogP contribution in [0.3, 0.4) is 0 Å². The van der Waals surface area contributed by atoms with Crippen LogP contribution < -0.4 is 16.2 Å². The molecule has 0 saturated carbocycles. The van der Waals surface area contributed by atoms with E-state index in [0.29, 0.717) is 39.1 Å². The Morgan fingerprint density at radius 2 is 1.44 bits per heavy atom. The summed E-state index contributed by atoms with van der Waals surface area (Å²) >= 11 is 0. The highest BCUT2D eigenvalue weighted by Crippen LogP contribution is 2.41. The van der Waals surface area contributed by atoms with Crippen molar-refractivity contribution in [3.05, 3.63) is 100 Å². The summed E-state index contributed by atoms with van der Waals surface area (Å²) in [7, 11) is 0. The predicted molar refractivity (Wildman–Crippen MR) is 146 cm³/mol. The molecule has 3 rings (SSSR count).